The lowest BCUT2D eigenvalue weighted by atomic mass is 10.2. The topological polar surface area (TPSA) is 75.5 Å². The number of para-hydroxylation sites is 1. The van der Waals surface area contributed by atoms with E-state index in [1.807, 2.05) is 36.5 Å². The summed E-state index contributed by atoms with van der Waals surface area (Å²) in [6.45, 7) is 1.03. The molecule has 0 radical (unpaired) electrons. The van der Waals surface area contributed by atoms with Gasteiger partial charge < -0.3 is 4.90 Å². The van der Waals surface area contributed by atoms with Gasteiger partial charge in [-0.1, -0.05) is 18.2 Å². The summed E-state index contributed by atoms with van der Waals surface area (Å²) in [4.78, 5) is 14.4. The van der Waals surface area contributed by atoms with Crippen LogP contribution >= 0.6 is 0 Å². The largest absolute Gasteiger partial charge is 0.340 e. The van der Waals surface area contributed by atoms with Gasteiger partial charge in [-0.05, 0) is 42.0 Å². The molecule has 0 N–H and O–H groups in total. The van der Waals surface area contributed by atoms with E-state index in [4.69, 9.17) is 0 Å². The lowest BCUT2D eigenvalue weighted by molar-refractivity contribution is -0.131. The fourth-order valence-electron chi connectivity index (χ4n) is 3.39. The number of nitrogens with zero attached hydrogens (tertiary/aromatic N) is 4. The molecule has 1 aromatic heterocycles. The van der Waals surface area contributed by atoms with Crippen LogP contribution in [-0.2, 0) is 21.2 Å². The second-order valence-electron chi connectivity index (χ2n) is 7.04. The maximum absolute atomic E-state index is 13.1. The molecule has 1 saturated heterocycles. The highest BCUT2D eigenvalue weighted by molar-refractivity contribution is 7.89. The van der Waals surface area contributed by atoms with Gasteiger partial charge >= 0.3 is 0 Å². The van der Waals surface area contributed by atoms with Crippen LogP contribution in [0, 0.1) is 5.82 Å². The van der Waals surface area contributed by atoms with Crippen molar-refractivity contribution >= 4 is 15.9 Å². The van der Waals surface area contributed by atoms with Gasteiger partial charge in [-0.25, -0.2) is 17.5 Å². The lowest BCUT2D eigenvalue weighted by Crippen LogP contribution is -2.50. The Hall–Kier alpha value is -3.04. The maximum Gasteiger partial charge on any atom is 0.243 e. The van der Waals surface area contributed by atoms with Crippen LogP contribution in [0.1, 0.15) is 5.56 Å². The van der Waals surface area contributed by atoms with E-state index >= 15 is 0 Å². The highest BCUT2D eigenvalue weighted by Crippen LogP contribution is 2.18. The predicted octanol–water partition coefficient (Wildman–Crippen LogP) is 2.09. The minimum absolute atomic E-state index is 0.0528. The fraction of sp³-hybridized carbons (Fsp3) is 0.238. The fourth-order valence-corrected chi connectivity index (χ4v) is 4.82. The number of carbonyl (C=O) groups is 1. The van der Waals surface area contributed by atoms with Gasteiger partial charge in [0.25, 0.3) is 0 Å². The molecule has 0 aliphatic carbocycles. The third-order valence-electron chi connectivity index (χ3n) is 5.05. The molecule has 0 saturated carbocycles. The highest BCUT2D eigenvalue weighted by Gasteiger charge is 2.30. The van der Waals surface area contributed by atoms with E-state index in [9.17, 15) is 17.6 Å². The van der Waals surface area contributed by atoms with Gasteiger partial charge in [0.05, 0.1) is 23.2 Å². The predicted molar refractivity (Wildman–Crippen MR) is 109 cm³/mol. The van der Waals surface area contributed by atoms with Crippen molar-refractivity contribution in [3.05, 3.63) is 78.4 Å². The number of carbonyl (C=O) groups excluding carboxylic acids is 1. The first kappa shape index (κ1) is 20.2. The van der Waals surface area contributed by atoms with Crippen molar-refractivity contribution in [2.45, 2.75) is 11.3 Å². The summed E-state index contributed by atoms with van der Waals surface area (Å²) in [6, 6.07) is 14.4. The number of halogens is 1. The van der Waals surface area contributed by atoms with Gasteiger partial charge in [0.1, 0.15) is 5.82 Å². The summed E-state index contributed by atoms with van der Waals surface area (Å²) in [7, 11) is -3.70. The molecule has 9 heteroatoms. The molecule has 0 atom stereocenters. The van der Waals surface area contributed by atoms with E-state index in [0.29, 0.717) is 13.1 Å². The Balaban J connectivity index is 1.36. The van der Waals surface area contributed by atoms with Crippen molar-refractivity contribution in [2.75, 3.05) is 26.2 Å². The number of sulfonamides is 1. The van der Waals surface area contributed by atoms with Crippen LogP contribution in [-0.4, -0.2) is 59.5 Å². The zero-order valence-corrected chi connectivity index (χ0v) is 17.0. The second-order valence-corrected chi connectivity index (χ2v) is 8.98. The van der Waals surface area contributed by atoms with Crippen molar-refractivity contribution < 1.29 is 17.6 Å². The second kappa shape index (κ2) is 8.37. The van der Waals surface area contributed by atoms with Crippen LogP contribution in [0.3, 0.4) is 0 Å². The summed E-state index contributed by atoms with van der Waals surface area (Å²) in [5.41, 5.74) is 1.71. The molecule has 2 aromatic carbocycles. The monoisotopic (exact) mass is 428 g/mol. The molecular formula is C21H21FN4O3S. The Bertz CT molecular complexity index is 1120. The normalized spacial score (nSPS) is 15.3. The summed E-state index contributed by atoms with van der Waals surface area (Å²) in [5, 5.41) is 4.30. The van der Waals surface area contributed by atoms with Crippen molar-refractivity contribution in [3.63, 3.8) is 0 Å². The van der Waals surface area contributed by atoms with Gasteiger partial charge in [-0.3, -0.25) is 4.79 Å². The number of piperazine rings is 1. The van der Waals surface area contributed by atoms with Gasteiger partial charge in [0, 0.05) is 32.4 Å². The van der Waals surface area contributed by atoms with E-state index in [0.717, 1.165) is 23.4 Å². The van der Waals surface area contributed by atoms with Crippen molar-refractivity contribution in [1.29, 1.82) is 0 Å². The third kappa shape index (κ3) is 4.27. The van der Waals surface area contributed by atoms with Gasteiger partial charge in [0.15, 0.2) is 0 Å². The summed E-state index contributed by atoms with van der Waals surface area (Å²) in [5.74, 6) is -0.554. The molecule has 1 aliphatic rings. The zero-order chi connectivity index (χ0) is 21.1. The van der Waals surface area contributed by atoms with Crippen molar-refractivity contribution in [3.8, 4) is 5.69 Å². The first-order valence-electron chi connectivity index (χ1n) is 9.56. The molecule has 1 fully saturated rings. The number of hydrogen-bond acceptors (Lipinski definition) is 4. The Morgan fingerprint density at radius 1 is 0.967 bits per heavy atom. The molecule has 0 bridgehead atoms. The molecule has 1 amide bonds. The standard InChI is InChI=1S/C21H21FN4O3S/c22-18-6-8-20(9-7-18)30(28,29)25-12-10-24(11-13-25)21(27)14-17-15-23-26(16-17)19-4-2-1-3-5-19/h1-9,15-16H,10-14H2. The molecule has 0 unspecified atom stereocenters. The number of amides is 1. The van der Waals surface area contributed by atoms with Gasteiger partial charge in [-0.15, -0.1) is 0 Å². The van der Waals surface area contributed by atoms with E-state index in [1.165, 1.54) is 16.4 Å². The first-order chi connectivity index (χ1) is 14.4. The number of benzene rings is 2. The highest BCUT2D eigenvalue weighted by atomic mass is 32.2. The molecule has 2 heterocycles. The van der Waals surface area contributed by atoms with Crippen molar-refractivity contribution in [1.82, 2.24) is 19.0 Å². The molecule has 4 rings (SSSR count). The average molecular weight is 428 g/mol. The molecule has 1 aliphatic heterocycles. The smallest absolute Gasteiger partial charge is 0.243 e. The number of hydrogen-bond donors (Lipinski definition) is 0. The maximum atomic E-state index is 13.1. The minimum Gasteiger partial charge on any atom is -0.340 e. The van der Waals surface area contributed by atoms with E-state index in [-0.39, 0.29) is 30.3 Å². The molecule has 30 heavy (non-hydrogen) atoms. The summed E-state index contributed by atoms with van der Waals surface area (Å²) >= 11 is 0. The van der Waals surface area contributed by atoms with Crippen LogP contribution in [0.5, 0.6) is 0 Å². The first-order valence-corrected chi connectivity index (χ1v) is 11.0. The van der Waals surface area contributed by atoms with E-state index in [1.54, 1.807) is 15.8 Å². The third-order valence-corrected chi connectivity index (χ3v) is 6.97. The Labute approximate surface area is 174 Å². The van der Waals surface area contributed by atoms with Crippen LogP contribution in [0.15, 0.2) is 71.9 Å². The van der Waals surface area contributed by atoms with Crippen LogP contribution in [0.2, 0.25) is 0 Å². The average Bonchev–Trinajstić information content (AvgIpc) is 3.23. The van der Waals surface area contributed by atoms with E-state index in [2.05, 4.69) is 5.10 Å². The Kier molecular flexibility index (Phi) is 5.65. The lowest BCUT2D eigenvalue weighted by Gasteiger charge is -2.34. The zero-order valence-electron chi connectivity index (χ0n) is 16.2. The van der Waals surface area contributed by atoms with Crippen LogP contribution in [0.25, 0.3) is 5.69 Å². The van der Waals surface area contributed by atoms with Crippen molar-refractivity contribution in [2.24, 2.45) is 0 Å². The Morgan fingerprint density at radius 3 is 2.30 bits per heavy atom. The molecule has 0 spiro atoms. The summed E-state index contributed by atoms with van der Waals surface area (Å²) < 4.78 is 41.5. The van der Waals surface area contributed by atoms with Gasteiger partial charge in [0.2, 0.25) is 15.9 Å². The number of rotatable bonds is 5. The molecule has 7 nitrogen and oxygen atoms in total. The Morgan fingerprint density at radius 2 is 1.63 bits per heavy atom. The van der Waals surface area contributed by atoms with Crippen LogP contribution < -0.4 is 0 Å². The molecule has 3 aromatic rings. The quantitative estimate of drug-likeness (QED) is 0.624. The molecule has 156 valence electrons. The van der Waals surface area contributed by atoms with E-state index < -0.39 is 15.8 Å². The SMILES string of the molecule is O=C(Cc1cnn(-c2ccccc2)c1)N1CCN(S(=O)(=O)c2ccc(F)cc2)CC1. The minimum atomic E-state index is -3.70. The molecular weight excluding hydrogens is 407 g/mol. The van der Waals surface area contributed by atoms with Crippen LogP contribution in [0.4, 0.5) is 4.39 Å². The van der Waals surface area contributed by atoms with Gasteiger partial charge in [-0.2, -0.15) is 9.40 Å². The summed E-state index contributed by atoms with van der Waals surface area (Å²) in [6.07, 6.45) is 3.69. The number of aromatic nitrogens is 2.